The molecule has 0 fully saturated rings. The predicted octanol–water partition coefficient (Wildman–Crippen LogP) is 9.43. The molecule has 4 aromatic carbocycles. The van der Waals surface area contributed by atoms with Crippen LogP contribution in [0.2, 0.25) is 10.0 Å². The average Bonchev–Trinajstić information content (AvgIpc) is 3.02. The third-order valence-electron chi connectivity index (χ3n) is 7.25. The molecular weight excluding hydrogens is 677 g/mol. The zero-order chi connectivity index (χ0) is 32.2. The van der Waals surface area contributed by atoms with Gasteiger partial charge < -0.3 is 14.2 Å². The van der Waals surface area contributed by atoms with Gasteiger partial charge in [-0.15, -0.1) is 0 Å². The summed E-state index contributed by atoms with van der Waals surface area (Å²) in [6, 6.07) is 20.2. The van der Waals surface area contributed by atoms with E-state index in [0.717, 1.165) is 28.0 Å². The third-order valence-corrected chi connectivity index (χ3v) is 8.67. The first kappa shape index (κ1) is 32.5. The number of aryl methyl sites for hydroxylation is 1. The average molecular weight is 709 g/mol. The van der Waals surface area contributed by atoms with E-state index in [9.17, 15) is 4.79 Å². The van der Waals surface area contributed by atoms with Crippen LogP contribution in [0.5, 0.6) is 17.2 Å². The molecule has 0 aliphatic rings. The molecule has 0 bridgehead atoms. The number of halogens is 3. The first-order valence-electron chi connectivity index (χ1n) is 14.4. The van der Waals surface area contributed by atoms with Crippen molar-refractivity contribution in [2.24, 2.45) is 5.10 Å². The minimum atomic E-state index is -0.282. The Balaban J connectivity index is 1.58. The minimum Gasteiger partial charge on any atom is -0.494 e. The van der Waals surface area contributed by atoms with Gasteiger partial charge in [0.25, 0.3) is 5.56 Å². The minimum absolute atomic E-state index is 0.191. The van der Waals surface area contributed by atoms with Crippen molar-refractivity contribution in [2.75, 3.05) is 13.7 Å². The summed E-state index contributed by atoms with van der Waals surface area (Å²) in [5.74, 6) is 2.46. The van der Waals surface area contributed by atoms with Crippen molar-refractivity contribution in [1.82, 2.24) is 9.66 Å². The van der Waals surface area contributed by atoms with Gasteiger partial charge in [-0.25, -0.2) is 4.98 Å². The molecule has 0 radical (unpaired) electrons. The Morgan fingerprint density at radius 2 is 1.76 bits per heavy atom. The Bertz CT molecular complexity index is 1970. The summed E-state index contributed by atoms with van der Waals surface area (Å²) in [7, 11) is 1.56. The summed E-state index contributed by atoms with van der Waals surface area (Å²) in [6.07, 6.45) is 1.60. The highest BCUT2D eigenvalue weighted by atomic mass is 79.9. The lowest BCUT2D eigenvalue weighted by atomic mass is 9.96. The van der Waals surface area contributed by atoms with Crippen molar-refractivity contribution in [2.45, 2.75) is 40.2 Å². The number of rotatable bonds is 10. The third kappa shape index (κ3) is 7.03. The van der Waals surface area contributed by atoms with Crippen molar-refractivity contribution < 1.29 is 14.2 Å². The van der Waals surface area contributed by atoms with Crippen LogP contribution >= 0.6 is 39.1 Å². The van der Waals surface area contributed by atoms with Gasteiger partial charge in [0.15, 0.2) is 17.3 Å². The number of nitrogens with zero attached hydrogens (tertiary/aromatic N) is 3. The van der Waals surface area contributed by atoms with Crippen LogP contribution in [0.3, 0.4) is 0 Å². The van der Waals surface area contributed by atoms with Gasteiger partial charge in [0.05, 0.1) is 40.9 Å². The number of aromatic nitrogens is 2. The van der Waals surface area contributed by atoms with Gasteiger partial charge in [0.2, 0.25) is 0 Å². The molecule has 0 aliphatic carbocycles. The lowest BCUT2D eigenvalue weighted by Crippen LogP contribution is -2.21. The molecule has 0 spiro atoms. The van der Waals surface area contributed by atoms with E-state index in [1.54, 1.807) is 43.7 Å². The molecule has 1 heterocycles. The molecule has 7 nitrogen and oxygen atoms in total. The zero-order valence-electron chi connectivity index (χ0n) is 25.5. The first-order chi connectivity index (χ1) is 21.6. The first-order valence-corrected chi connectivity index (χ1v) is 15.9. The molecule has 0 N–H and O–H groups in total. The second-order valence-corrected chi connectivity index (χ2v) is 12.3. The molecule has 45 heavy (non-hydrogen) atoms. The standard InChI is InChI=1S/C35H32BrCl2N3O4/c1-6-44-31-13-21(4)26(16-25(31)20(2)3)34-40-30-10-8-7-9-24(30)35(42)41(34)39-18-23-15-32(43-5)33(17-27(23)36)45-19-22-11-12-28(37)29(38)14-22/h7-18,20H,6,19H2,1-5H3. The van der Waals surface area contributed by atoms with Crippen LogP contribution in [-0.2, 0) is 6.61 Å². The maximum absolute atomic E-state index is 13.9. The van der Waals surface area contributed by atoms with E-state index in [2.05, 4.69) is 34.9 Å². The maximum atomic E-state index is 13.9. The van der Waals surface area contributed by atoms with Crippen LogP contribution in [-0.4, -0.2) is 29.6 Å². The quantitative estimate of drug-likeness (QED) is 0.135. The van der Waals surface area contributed by atoms with E-state index in [-0.39, 0.29) is 18.1 Å². The number of hydrogen-bond acceptors (Lipinski definition) is 6. The van der Waals surface area contributed by atoms with Gasteiger partial charge in [-0.2, -0.15) is 9.78 Å². The van der Waals surface area contributed by atoms with Crippen molar-refractivity contribution in [3.05, 3.63) is 114 Å². The van der Waals surface area contributed by atoms with Gasteiger partial charge in [0.1, 0.15) is 12.4 Å². The molecule has 0 aliphatic heterocycles. The Morgan fingerprint density at radius 1 is 0.978 bits per heavy atom. The number of para-hydroxylation sites is 1. The Labute approximate surface area is 280 Å². The molecule has 0 saturated carbocycles. The molecular formula is C35H32BrCl2N3O4. The normalized spacial score (nSPS) is 11.5. The highest BCUT2D eigenvalue weighted by Gasteiger charge is 2.19. The summed E-state index contributed by atoms with van der Waals surface area (Å²) in [4.78, 5) is 18.8. The van der Waals surface area contributed by atoms with E-state index < -0.39 is 0 Å². The molecule has 232 valence electrons. The van der Waals surface area contributed by atoms with Gasteiger partial charge in [-0.3, -0.25) is 4.79 Å². The Morgan fingerprint density at radius 3 is 2.47 bits per heavy atom. The topological polar surface area (TPSA) is 74.9 Å². The second-order valence-electron chi connectivity index (χ2n) is 10.7. The molecule has 10 heteroatoms. The summed E-state index contributed by atoms with van der Waals surface area (Å²) < 4.78 is 19.7. The number of methoxy groups -OCH3 is 1. The smallest absolute Gasteiger partial charge is 0.282 e. The van der Waals surface area contributed by atoms with Crippen LogP contribution in [0.15, 0.2) is 81.1 Å². The summed E-state index contributed by atoms with van der Waals surface area (Å²) in [5.41, 5.74) is 4.58. The van der Waals surface area contributed by atoms with E-state index in [0.29, 0.717) is 54.9 Å². The molecule has 0 unspecified atom stereocenters. The fraction of sp³-hybridized carbons (Fsp3) is 0.229. The van der Waals surface area contributed by atoms with Gasteiger partial charge in [0, 0.05) is 15.6 Å². The Hall–Kier alpha value is -3.85. The molecule has 5 rings (SSSR count). The van der Waals surface area contributed by atoms with E-state index in [1.165, 1.54) is 4.68 Å². The predicted molar refractivity (Wildman–Crippen MR) is 186 cm³/mol. The van der Waals surface area contributed by atoms with Crippen molar-refractivity contribution in [3.8, 4) is 28.6 Å². The lowest BCUT2D eigenvalue weighted by Gasteiger charge is -2.18. The van der Waals surface area contributed by atoms with Gasteiger partial charge in [-0.1, -0.05) is 55.2 Å². The van der Waals surface area contributed by atoms with Crippen LogP contribution in [0.4, 0.5) is 0 Å². The zero-order valence-corrected chi connectivity index (χ0v) is 28.6. The van der Waals surface area contributed by atoms with Crippen molar-refractivity contribution in [3.63, 3.8) is 0 Å². The Kier molecular flexibility index (Phi) is 10.2. The fourth-order valence-electron chi connectivity index (χ4n) is 4.91. The van der Waals surface area contributed by atoms with E-state index >= 15 is 0 Å². The van der Waals surface area contributed by atoms with E-state index in [4.69, 9.17) is 42.4 Å². The van der Waals surface area contributed by atoms with Crippen LogP contribution < -0.4 is 19.8 Å². The molecule has 0 atom stereocenters. The van der Waals surface area contributed by atoms with Crippen LogP contribution in [0.25, 0.3) is 22.3 Å². The monoisotopic (exact) mass is 707 g/mol. The summed E-state index contributed by atoms with van der Waals surface area (Å²) >= 11 is 15.8. The number of hydrogen-bond donors (Lipinski definition) is 0. The number of ether oxygens (including phenoxy) is 3. The summed E-state index contributed by atoms with van der Waals surface area (Å²) in [5, 5.41) is 6.09. The number of fused-ring (bicyclic) bond motifs is 1. The largest absolute Gasteiger partial charge is 0.494 e. The highest BCUT2D eigenvalue weighted by molar-refractivity contribution is 9.10. The fourth-order valence-corrected chi connectivity index (χ4v) is 5.65. The maximum Gasteiger partial charge on any atom is 0.282 e. The van der Waals surface area contributed by atoms with Crippen LogP contribution in [0.1, 0.15) is 48.9 Å². The van der Waals surface area contributed by atoms with Crippen molar-refractivity contribution >= 4 is 56.2 Å². The SMILES string of the molecule is CCOc1cc(C)c(-c2nc3ccccc3c(=O)n2N=Cc2cc(OC)c(OCc3ccc(Cl)c(Cl)c3)cc2Br)cc1C(C)C. The van der Waals surface area contributed by atoms with Crippen molar-refractivity contribution in [1.29, 1.82) is 0 Å². The molecule has 0 saturated heterocycles. The van der Waals surface area contributed by atoms with Gasteiger partial charge in [-0.05, 0) is 101 Å². The highest BCUT2D eigenvalue weighted by Crippen LogP contribution is 2.36. The molecule has 1 aromatic heterocycles. The molecule has 5 aromatic rings. The van der Waals surface area contributed by atoms with Gasteiger partial charge >= 0.3 is 0 Å². The molecule has 0 amide bonds. The summed E-state index contributed by atoms with van der Waals surface area (Å²) in [6.45, 7) is 8.98. The lowest BCUT2D eigenvalue weighted by molar-refractivity contribution is 0.284. The second kappa shape index (κ2) is 14.1. The number of benzene rings is 4. The van der Waals surface area contributed by atoms with Crippen LogP contribution in [0, 0.1) is 6.92 Å². The van der Waals surface area contributed by atoms with E-state index in [1.807, 2.05) is 50.2 Å².